The summed E-state index contributed by atoms with van der Waals surface area (Å²) in [4.78, 5) is 30.3. The lowest BCUT2D eigenvalue weighted by Gasteiger charge is -2.37. The van der Waals surface area contributed by atoms with E-state index in [0.717, 1.165) is 12.0 Å². The molecule has 0 saturated heterocycles. The highest BCUT2D eigenvalue weighted by molar-refractivity contribution is 5.85. The van der Waals surface area contributed by atoms with Gasteiger partial charge in [0.2, 0.25) is 11.8 Å². The number of carbonyl (C=O) groups is 2. The predicted molar refractivity (Wildman–Crippen MR) is 140 cm³/mol. The van der Waals surface area contributed by atoms with Crippen molar-refractivity contribution in [2.75, 3.05) is 27.3 Å². The summed E-state index contributed by atoms with van der Waals surface area (Å²) in [5.41, 5.74) is 0.590. The number of benzene rings is 1. The van der Waals surface area contributed by atoms with Gasteiger partial charge in [0.05, 0.1) is 27.0 Å². The Morgan fingerprint density at radius 3 is 2.36 bits per heavy atom. The van der Waals surface area contributed by atoms with Gasteiger partial charge in [-0.1, -0.05) is 31.7 Å². The highest BCUT2D eigenvalue weighted by atomic mass is 16.5. The van der Waals surface area contributed by atoms with Crippen molar-refractivity contribution in [1.29, 1.82) is 0 Å². The molecule has 7 heteroatoms. The molecule has 1 aliphatic carbocycles. The Kier molecular flexibility index (Phi) is 9.85. The van der Waals surface area contributed by atoms with Crippen LogP contribution in [-0.4, -0.2) is 54.5 Å². The van der Waals surface area contributed by atoms with Gasteiger partial charge in [-0.2, -0.15) is 0 Å². The van der Waals surface area contributed by atoms with Crippen LogP contribution in [0, 0.1) is 5.92 Å². The molecule has 0 N–H and O–H groups in total. The third-order valence-electron chi connectivity index (χ3n) is 7.04. The first-order chi connectivity index (χ1) is 17.2. The molecule has 0 aliphatic heterocycles. The molecule has 0 radical (unpaired) electrons. The van der Waals surface area contributed by atoms with Crippen LogP contribution in [0.5, 0.6) is 11.5 Å². The highest BCUT2D eigenvalue weighted by Gasteiger charge is 2.31. The minimum Gasteiger partial charge on any atom is -0.493 e. The van der Waals surface area contributed by atoms with E-state index in [-0.39, 0.29) is 18.4 Å². The monoisotopic (exact) mass is 498 g/mol. The second-order valence-corrected chi connectivity index (χ2v) is 10.7. The Morgan fingerprint density at radius 1 is 1.03 bits per heavy atom. The summed E-state index contributed by atoms with van der Waals surface area (Å²) in [6.07, 6.45) is 8.63. The van der Waals surface area contributed by atoms with Gasteiger partial charge in [-0.15, -0.1) is 0 Å². The summed E-state index contributed by atoms with van der Waals surface area (Å²) in [5, 5.41) is 0. The van der Waals surface area contributed by atoms with Gasteiger partial charge in [-0.25, -0.2) is 0 Å². The van der Waals surface area contributed by atoms with Crippen LogP contribution in [0.15, 0.2) is 41.0 Å². The summed E-state index contributed by atoms with van der Waals surface area (Å²) < 4.78 is 16.3. The van der Waals surface area contributed by atoms with Gasteiger partial charge in [0, 0.05) is 18.5 Å². The Labute approximate surface area is 215 Å². The third-order valence-corrected chi connectivity index (χ3v) is 7.04. The molecule has 3 rings (SSSR count). The van der Waals surface area contributed by atoms with Gasteiger partial charge < -0.3 is 23.7 Å². The summed E-state index contributed by atoms with van der Waals surface area (Å²) in [6, 6.07) is 9.47. The third kappa shape index (κ3) is 7.77. The van der Waals surface area contributed by atoms with Crippen molar-refractivity contribution in [3.8, 4) is 11.5 Å². The topological polar surface area (TPSA) is 72.2 Å². The number of ether oxygens (including phenoxy) is 2. The maximum atomic E-state index is 13.6. The molecule has 1 saturated carbocycles. The van der Waals surface area contributed by atoms with Crippen LogP contribution in [0.4, 0.5) is 0 Å². The molecule has 0 spiro atoms. The zero-order valence-electron chi connectivity index (χ0n) is 22.5. The second kappa shape index (κ2) is 12.8. The first-order valence-corrected chi connectivity index (χ1v) is 13.0. The van der Waals surface area contributed by atoms with E-state index in [0.29, 0.717) is 49.1 Å². The average molecular weight is 499 g/mol. The van der Waals surface area contributed by atoms with E-state index >= 15 is 0 Å². The Balaban J connectivity index is 1.70. The van der Waals surface area contributed by atoms with Crippen molar-refractivity contribution < 1.29 is 23.5 Å². The molecule has 1 heterocycles. The predicted octanol–water partition coefficient (Wildman–Crippen LogP) is 5.47. The number of methoxy groups -OCH3 is 2. The van der Waals surface area contributed by atoms with Crippen LogP contribution in [0.2, 0.25) is 0 Å². The van der Waals surface area contributed by atoms with Gasteiger partial charge in [0.25, 0.3) is 0 Å². The second-order valence-electron chi connectivity index (χ2n) is 10.7. The Bertz CT molecular complexity index is 974. The van der Waals surface area contributed by atoms with Gasteiger partial charge in [0.15, 0.2) is 11.5 Å². The van der Waals surface area contributed by atoms with E-state index in [2.05, 4.69) is 0 Å². The quantitative estimate of drug-likeness (QED) is 0.388. The molecule has 1 fully saturated rings. The molecule has 2 aromatic rings. The highest BCUT2D eigenvalue weighted by Crippen LogP contribution is 2.30. The molecule has 1 aliphatic rings. The van der Waals surface area contributed by atoms with Crippen molar-refractivity contribution in [2.45, 2.75) is 77.8 Å². The molecule has 0 bridgehead atoms. The van der Waals surface area contributed by atoms with E-state index in [9.17, 15) is 9.59 Å². The number of hydrogen-bond acceptors (Lipinski definition) is 5. The molecule has 7 nitrogen and oxygen atoms in total. The largest absolute Gasteiger partial charge is 0.493 e. The van der Waals surface area contributed by atoms with Crippen LogP contribution in [0.3, 0.4) is 0 Å². The molecular formula is C29H42N2O5. The molecule has 1 aromatic carbocycles. The van der Waals surface area contributed by atoms with Gasteiger partial charge >= 0.3 is 0 Å². The number of amides is 2. The van der Waals surface area contributed by atoms with Crippen LogP contribution in [0.25, 0.3) is 0 Å². The molecule has 0 unspecified atom stereocenters. The number of rotatable bonds is 12. The number of hydrogen-bond donors (Lipinski definition) is 0. The van der Waals surface area contributed by atoms with Gasteiger partial charge in [-0.05, 0) is 69.4 Å². The molecular weight excluding hydrogens is 456 g/mol. The standard InChI is InChI=1S/C29H42N2O5/c1-29(2,3)31(27(32)15-13-22-9-6-7-10-22)21-28(33)30(20-24-11-8-18-36-24)17-16-23-12-14-25(34-4)26(19-23)35-5/h8,11-12,14,18-19,22H,6-7,9-10,13,15-17,20-21H2,1-5H3. The lowest BCUT2D eigenvalue weighted by Crippen LogP contribution is -2.51. The summed E-state index contributed by atoms with van der Waals surface area (Å²) in [5.74, 6) is 2.65. The van der Waals surface area contributed by atoms with E-state index in [1.54, 1.807) is 30.3 Å². The van der Waals surface area contributed by atoms with Crippen LogP contribution in [-0.2, 0) is 22.6 Å². The lowest BCUT2D eigenvalue weighted by molar-refractivity contribution is -0.145. The average Bonchev–Trinajstić information content (AvgIpc) is 3.57. The fourth-order valence-electron chi connectivity index (χ4n) is 4.88. The van der Waals surface area contributed by atoms with E-state index in [1.165, 1.54) is 25.7 Å². The maximum Gasteiger partial charge on any atom is 0.242 e. The first-order valence-electron chi connectivity index (χ1n) is 13.0. The zero-order valence-corrected chi connectivity index (χ0v) is 22.5. The van der Waals surface area contributed by atoms with Gasteiger partial charge in [-0.3, -0.25) is 9.59 Å². The maximum absolute atomic E-state index is 13.6. The van der Waals surface area contributed by atoms with Crippen molar-refractivity contribution in [3.63, 3.8) is 0 Å². The normalized spacial score (nSPS) is 14.0. The van der Waals surface area contributed by atoms with E-state index < -0.39 is 5.54 Å². The lowest BCUT2D eigenvalue weighted by atomic mass is 9.99. The smallest absolute Gasteiger partial charge is 0.242 e. The van der Waals surface area contributed by atoms with E-state index in [1.807, 2.05) is 51.1 Å². The van der Waals surface area contributed by atoms with Crippen LogP contribution >= 0.6 is 0 Å². The minimum absolute atomic E-state index is 0.0552. The zero-order chi connectivity index (χ0) is 26.1. The Morgan fingerprint density at radius 2 is 1.75 bits per heavy atom. The molecule has 1 aromatic heterocycles. The number of furan rings is 1. The van der Waals surface area contributed by atoms with Crippen LogP contribution in [0.1, 0.15) is 70.6 Å². The van der Waals surface area contributed by atoms with Gasteiger partial charge in [0.1, 0.15) is 12.3 Å². The summed E-state index contributed by atoms with van der Waals surface area (Å²) in [7, 11) is 3.22. The molecule has 0 atom stereocenters. The first kappa shape index (κ1) is 27.6. The van der Waals surface area contributed by atoms with Crippen molar-refractivity contribution >= 4 is 11.8 Å². The molecule has 2 amide bonds. The summed E-state index contributed by atoms with van der Waals surface area (Å²) >= 11 is 0. The van der Waals surface area contributed by atoms with Crippen molar-refractivity contribution in [1.82, 2.24) is 9.80 Å². The van der Waals surface area contributed by atoms with Crippen molar-refractivity contribution in [2.24, 2.45) is 5.92 Å². The number of nitrogens with zero attached hydrogens (tertiary/aromatic N) is 2. The number of carbonyl (C=O) groups excluding carboxylic acids is 2. The van der Waals surface area contributed by atoms with Crippen molar-refractivity contribution in [3.05, 3.63) is 47.9 Å². The summed E-state index contributed by atoms with van der Waals surface area (Å²) in [6.45, 7) is 6.88. The van der Waals surface area contributed by atoms with Crippen LogP contribution < -0.4 is 9.47 Å². The fourth-order valence-corrected chi connectivity index (χ4v) is 4.88. The SMILES string of the molecule is COc1ccc(CCN(Cc2ccco2)C(=O)CN(C(=O)CCC2CCCC2)C(C)(C)C)cc1OC. The fraction of sp³-hybridized carbons (Fsp3) is 0.586. The minimum atomic E-state index is -0.442. The van der Waals surface area contributed by atoms with E-state index in [4.69, 9.17) is 13.9 Å². The molecule has 198 valence electrons. The Hall–Kier alpha value is -2.96. The molecule has 36 heavy (non-hydrogen) atoms.